The summed E-state index contributed by atoms with van der Waals surface area (Å²) in [6, 6.07) is 10.4. The molecule has 3 aromatic rings. The van der Waals surface area contributed by atoms with Crippen molar-refractivity contribution in [1.82, 2.24) is 10.5 Å². The molecule has 0 radical (unpaired) electrons. The molecular formula is C24H23N3O8. The summed E-state index contributed by atoms with van der Waals surface area (Å²) in [6.45, 7) is 4.03. The molecule has 4 rings (SSSR count). The van der Waals surface area contributed by atoms with E-state index in [1.165, 1.54) is 12.1 Å². The van der Waals surface area contributed by atoms with E-state index in [4.69, 9.17) is 23.5 Å². The number of carbonyl (C=O) groups is 3. The van der Waals surface area contributed by atoms with Gasteiger partial charge in [0.2, 0.25) is 0 Å². The first-order chi connectivity index (χ1) is 16.9. The third-order valence-corrected chi connectivity index (χ3v) is 5.02. The number of hydrogen-bond donors (Lipinski definition) is 2. The van der Waals surface area contributed by atoms with Crippen LogP contribution in [-0.4, -0.2) is 42.9 Å². The summed E-state index contributed by atoms with van der Waals surface area (Å²) in [5.74, 6) is 0.620. The van der Waals surface area contributed by atoms with Crippen molar-refractivity contribution < 1.29 is 37.9 Å². The van der Waals surface area contributed by atoms with E-state index in [0.29, 0.717) is 41.9 Å². The van der Waals surface area contributed by atoms with Crippen LogP contribution in [0, 0.1) is 13.8 Å². The largest absolute Gasteiger partial charge is 0.489 e. The SMILES string of the molecule is Cc1noc(C)c1COc1cccc(C(=O)OCC(=O)NC(=O)Nc2ccc3c(c2)OCCO3)c1. The average molecular weight is 481 g/mol. The zero-order valence-electron chi connectivity index (χ0n) is 19.1. The molecule has 11 heteroatoms. The molecular weight excluding hydrogens is 458 g/mol. The Bertz CT molecular complexity index is 1230. The maximum Gasteiger partial charge on any atom is 0.338 e. The van der Waals surface area contributed by atoms with E-state index < -0.39 is 24.5 Å². The molecule has 0 spiro atoms. The molecule has 1 aromatic heterocycles. The van der Waals surface area contributed by atoms with Crippen LogP contribution in [0.5, 0.6) is 17.2 Å². The van der Waals surface area contributed by atoms with Gasteiger partial charge < -0.3 is 28.8 Å². The Balaban J connectivity index is 1.24. The zero-order valence-corrected chi connectivity index (χ0v) is 19.1. The van der Waals surface area contributed by atoms with Gasteiger partial charge in [-0.3, -0.25) is 10.1 Å². The molecule has 0 bridgehead atoms. The van der Waals surface area contributed by atoms with Gasteiger partial charge in [0.15, 0.2) is 18.1 Å². The van der Waals surface area contributed by atoms with Crippen LogP contribution >= 0.6 is 0 Å². The molecule has 0 unspecified atom stereocenters. The van der Waals surface area contributed by atoms with Crippen LogP contribution in [0.2, 0.25) is 0 Å². The van der Waals surface area contributed by atoms with E-state index in [1.54, 1.807) is 37.3 Å². The number of fused-ring (bicyclic) bond motifs is 1. The van der Waals surface area contributed by atoms with Crippen molar-refractivity contribution in [3.63, 3.8) is 0 Å². The van der Waals surface area contributed by atoms with Gasteiger partial charge in [0.1, 0.15) is 31.3 Å². The number of benzene rings is 2. The fraction of sp³-hybridized carbons (Fsp3) is 0.250. The second kappa shape index (κ2) is 10.6. The monoisotopic (exact) mass is 481 g/mol. The number of hydrogen-bond acceptors (Lipinski definition) is 9. The van der Waals surface area contributed by atoms with E-state index >= 15 is 0 Å². The second-order valence-corrected chi connectivity index (χ2v) is 7.56. The molecule has 1 aliphatic rings. The lowest BCUT2D eigenvalue weighted by Gasteiger charge is -2.19. The Morgan fingerprint density at radius 3 is 2.60 bits per heavy atom. The van der Waals surface area contributed by atoms with Crippen molar-refractivity contribution in [3.05, 3.63) is 65.0 Å². The highest BCUT2D eigenvalue weighted by Crippen LogP contribution is 2.32. The van der Waals surface area contributed by atoms with Crippen LogP contribution in [0.1, 0.15) is 27.4 Å². The Labute approximate surface area is 200 Å². The molecule has 35 heavy (non-hydrogen) atoms. The summed E-state index contributed by atoms with van der Waals surface area (Å²) < 4.78 is 26.7. The number of carbonyl (C=O) groups excluding carboxylic acids is 3. The highest BCUT2D eigenvalue weighted by Gasteiger charge is 2.16. The number of nitrogens with zero attached hydrogens (tertiary/aromatic N) is 1. The average Bonchev–Trinajstić information content (AvgIpc) is 3.18. The van der Waals surface area contributed by atoms with E-state index in [9.17, 15) is 14.4 Å². The fourth-order valence-electron chi connectivity index (χ4n) is 3.24. The van der Waals surface area contributed by atoms with Crippen LogP contribution in [0.25, 0.3) is 0 Å². The van der Waals surface area contributed by atoms with Gasteiger partial charge >= 0.3 is 12.0 Å². The van der Waals surface area contributed by atoms with Crippen LogP contribution in [0.15, 0.2) is 47.0 Å². The molecule has 2 heterocycles. The quantitative estimate of drug-likeness (QED) is 0.487. The molecule has 3 amide bonds. The Hall–Kier alpha value is -4.54. The number of rotatable bonds is 7. The number of amides is 3. The number of aromatic nitrogens is 1. The van der Waals surface area contributed by atoms with Gasteiger partial charge in [0.25, 0.3) is 5.91 Å². The molecule has 0 atom stereocenters. The van der Waals surface area contributed by atoms with Gasteiger partial charge in [0.05, 0.1) is 16.8 Å². The summed E-state index contributed by atoms with van der Waals surface area (Å²) >= 11 is 0. The van der Waals surface area contributed by atoms with Gasteiger partial charge in [-0.2, -0.15) is 0 Å². The van der Waals surface area contributed by atoms with Crippen LogP contribution in [-0.2, 0) is 16.1 Å². The fourth-order valence-corrected chi connectivity index (χ4v) is 3.24. The van der Waals surface area contributed by atoms with Crippen molar-refractivity contribution in [2.75, 3.05) is 25.1 Å². The summed E-state index contributed by atoms with van der Waals surface area (Å²) in [4.78, 5) is 36.5. The molecule has 1 aliphatic heterocycles. The standard InChI is InChI=1S/C24H23N3O8/c1-14-19(15(2)35-27-14)12-33-18-5-3-4-16(10-18)23(29)34-13-22(28)26-24(30)25-17-6-7-20-21(11-17)32-9-8-31-20/h3-7,10-11H,8-9,12-13H2,1-2H3,(H2,25,26,28,30). The van der Waals surface area contributed by atoms with Crippen molar-refractivity contribution in [3.8, 4) is 17.2 Å². The minimum Gasteiger partial charge on any atom is -0.489 e. The number of nitrogens with one attached hydrogen (secondary N) is 2. The number of esters is 1. The van der Waals surface area contributed by atoms with Crippen molar-refractivity contribution in [1.29, 1.82) is 0 Å². The molecule has 11 nitrogen and oxygen atoms in total. The zero-order chi connectivity index (χ0) is 24.8. The topological polar surface area (TPSA) is 138 Å². The molecule has 0 saturated carbocycles. The highest BCUT2D eigenvalue weighted by molar-refractivity contribution is 6.02. The molecule has 0 aliphatic carbocycles. The van der Waals surface area contributed by atoms with E-state index in [1.807, 2.05) is 6.92 Å². The Morgan fingerprint density at radius 2 is 1.83 bits per heavy atom. The number of urea groups is 1. The first-order valence-electron chi connectivity index (χ1n) is 10.7. The lowest BCUT2D eigenvalue weighted by atomic mass is 10.2. The number of ether oxygens (including phenoxy) is 4. The van der Waals surface area contributed by atoms with E-state index in [0.717, 1.165) is 11.3 Å². The van der Waals surface area contributed by atoms with Crippen LogP contribution in [0.3, 0.4) is 0 Å². The van der Waals surface area contributed by atoms with Crippen LogP contribution in [0.4, 0.5) is 10.5 Å². The van der Waals surface area contributed by atoms with Crippen molar-refractivity contribution in [2.24, 2.45) is 0 Å². The molecule has 182 valence electrons. The lowest BCUT2D eigenvalue weighted by molar-refractivity contribution is -0.123. The van der Waals surface area contributed by atoms with Crippen LogP contribution < -0.4 is 24.8 Å². The first kappa shape index (κ1) is 23.6. The number of aryl methyl sites for hydroxylation is 2. The normalized spacial score (nSPS) is 11.9. The number of imide groups is 1. The van der Waals surface area contributed by atoms with Gasteiger partial charge in [-0.1, -0.05) is 11.2 Å². The molecule has 2 aromatic carbocycles. The lowest BCUT2D eigenvalue weighted by Crippen LogP contribution is -2.37. The molecule has 2 N–H and O–H groups in total. The minimum absolute atomic E-state index is 0.190. The van der Waals surface area contributed by atoms with Gasteiger partial charge in [0, 0.05) is 11.8 Å². The van der Waals surface area contributed by atoms with Crippen molar-refractivity contribution in [2.45, 2.75) is 20.5 Å². The highest BCUT2D eigenvalue weighted by atomic mass is 16.6. The third-order valence-electron chi connectivity index (χ3n) is 5.02. The Kier molecular flexibility index (Phi) is 7.15. The maximum absolute atomic E-state index is 12.3. The summed E-state index contributed by atoms with van der Waals surface area (Å²) in [7, 11) is 0. The summed E-state index contributed by atoms with van der Waals surface area (Å²) in [5.41, 5.74) is 2.14. The summed E-state index contributed by atoms with van der Waals surface area (Å²) in [6.07, 6.45) is 0. The summed E-state index contributed by atoms with van der Waals surface area (Å²) in [5, 5.41) is 8.47. The van der Waals surface area contributed by atoms with Gasteiger partial charge in [-0.15, -0.1) is 0 Å². The smallest absolute Gasteiger partial charge is 0.338 e. The predicted octanol–water partition coefficient (Wildman–Crippen LogP) is 3.15. The van der Waals surface area contributed by atoms with Crippen molar-refractivity contribution >= 4 is 23.6 Å². The van der Waals surface area contributed by atoms with E-state index in [2.05, 4.69) is 15.8 Å². The second-order valence-electron chi connectivity index (χ2n) is 7.56. The van der Waals surface area contributed by atoms with E-state index in [-0.39, 0.29) is 12.2 Å². The first-order valence-corrected chi connectivity index (χ1v) is 10.7. The van der Waals surface area contributed by atoms with Gasteiger partial charge in [-0.05, 0) is 44.2 Å². The Morgan fingerprint density at radius 1 is 1.03 bits per heavy atom. The third kappa shape index (κ3) is 6.08. The van der Waals surface area contributed by atoms with Gasteiger partial charge in [-0.25, -0.2) is 9.59 Å². The molecule has 0 fully saturated rings. The minimum atomic E-state index is -0.792. The molecule has 0 saturated heterocycles. The maximum atomic E-state index is 12.3. The predicted molar refractivity (Wildman–Crippen MR) is 122 cm³/mol. The number of anilines is 1.